The molecule has 92 valence electrons. The summed E-state index contributed by atoms with van der Waals surface area (Å²) in [5.41, 5.74) is 0. The second-order valence-corrected chi connectivity index (χ2v) is 4.97. The third kappa shape index (κ3) is 17.5. The third-order valence-corrected chi connectivity index (χ3v) is 2.76. The fourth-order valence-electron chi connectivity index (χ4n) is 1.42. The molecule has 0 aromatic heterocycles. The average Bonchev–Trinajstić information content (AvgIpc) is 2.14. The summed E-state index contributed by atoms with van der Waals surface area (Å²) in [6.07, 6.45) is 9.08. The molecule has 0 spiro atoms. The minimum absolute atomic E-state index is 0. The van der Waals surface area contributed by atoms with E-state index in [1.165, 1.54) is 32.1 Å². The summed E-state index contributed by atoms with van der Waals surface area (Å²) in [5, 5.41) is 0. The van der Waals surface area contributed by atoms with Crippen molar-refractivity contribution in [1.82, 2.24) is 0 Å². The van der Waals surface area contributed by atoms with Crippen LogP contribution in [0.3, 0.4) is 0 Å². The van der Waals surface area contributed by atoms with E-state index in [1.54, 1.807) is 0 Å². The van der Waals surface area contributed by atoms with Crippen LogP contribution in [0.15, 0.2) is 0 Å². The molecule has 16 heavy (non-hydrogen) atoms. The maximum Gasteiger partial charge on any atom is 1.00 e. The standard InChI is InChI=1S/C10H23O4P.Na/c1-2-3-4-5-6-7-8-9-10-14-15(11,12)13;/h2-10H2,1H3,(H2,11,12,13);/q;+1/p-1. The Morgan fingerprint density at radius 3 is 1.94 bits per heavy atom. The fourth-order valence-corrected chi connectivity index (χ4v) is 1.78. The molecule has 6 heteroatoms. The van der Waals surface area contributed by atoms with Gasteiger partial charge in [-0.1, -0.05) is 51.9 Å². The first-order valence-corrected chi connectivity index (χ1v) is 7.24. The Balaban J connectivity index is 0. The second-order valence-electron chi connectivity index (χ2n) is 3.78. The Morgan fingerprint density at radius 2 is 1.50 bits per heavy atom. The van der Waals surface area contributed by atoms with Crippen LogP contribution >= 0.6 is 7.82 Å². The van der Waals surface area contributed by atoms with Gasteiger partial charge in [-0.25, -0.2) is 0 Å². The summed E-state index contributed by atoms with van der Waals surface area (Å²) in [7, 11) is -4.49. The monoisotopic (exact) mass is 260 g/mol. The van der Waals surface area contributed by atoms with E-state index in [-0.39, 0.29) is 36.2 Å². The van der Waals surface area contributed by atoms with Crippen molar-refractivity contribution in [2.45, 2.75) is 58.3 Å². The van der Waals surface area contributed by atoms with Gasteiger partial charge in [0.1, 0.15) is 0 Å². The molecule has 0 bridgehead atoms. The molecular weight excluding hydrogens is 238 g/mol. The van der Waals surface area contributed by atoms with Crippen molar-refractivity contribution in [3.05, 3.63) is 0 Å². The van der Waals surface area contributed by atoms with Gasteiger partial charge in [-0.05, 0) is 6.42 Å². The molecule has 0 aromatic carbocycles. The van der Waals surface area contributed by atoms with Crippen LogP contribution in [0.2, 0.25) is 0 Å². The number of phosphoric ester groups is 1. The van der Waals surface area contributed by atoms with Crippen LogP contribution in [-0.4, -0.2) is 11.5 Å². The summed E-state index contributed by atoms with van der Waals surface area (Å²) in [5.74, 6) is 0. The zero-order valence-corrected chi connectivity index (χ0v) is 13.4. The molecule has 0 aliphatic heterocycles. The van der Waals surface area contributed by atoms with Gasteiger partial charge in [0.05, 0.1) is 6.61 Å². The summed E-state index contributed by atoms with van der Waals surface area (Å²) < 4.78 is 14.4. The van der Waals surface area contributed by atoms with Gasteiger partial charge in [0.15, 0.2) is 0 Å². The van der Waals surface area contributed by atoms with Gasteiger partial charge in [0.25, 0.3) is 7.82 Å². The first-order valence-electron chi connectivity index (χ1n) is 5.74. The van der Waals surface area contributed by atoms with E-state index >= 15 is 0 Å². The molecule has 1 atom stereocenters. The van der Waals surface area contributed by atoms with Gasteiger partial charge in [0, 0.05) is 0 Å². The van der Waals surface area contributed by atoms with Crippen molar-refractivity contribution in [2.75, 3.05) is 6.61 Å². The molecule has 0 saturated carbocycles. The Hall–Kier alpha value is 1.11. The van der Waals surface area contributed by atoms with Crippen LogP contribution in [0.5, 0.6) is 0 Å². The number of hydrogen-bond donors (Lipinski definition) is 1. The molecule has 0 rings (SSSR count). The predicted molar refractivity (Wildman–Crippen MR) is 58.4 cm³/mol. The van der Waals surface area contributed by atoms with E-state index in [4.69, 9.17) is 4.89 Å². The maximum atomic E-state index is 10.2. The first kappa shape index (κ1) is 19.4. The number of unbranched alkanes of at least 4 members (excludes halogenated alkanes) is 7. The van der Waals surface area contributed by atoms with Crippen molar-refractivity contribution >= 4 is 7.82 Å². The molecule has 0 aliphatic carbocycles. The smallest absolute Gasteiger partial charge is 0.756 e. The Labute approximate surface area is 121 Å². The molecule has 0 aliphatic rings. The van der Waals surface area contributed by atoms with Gasteiger partial charge in [-0.2, -0.15) is 0 Å². The Kier molecular flexibility index (Phi) is 15.3. The van der Waals surface area contributed by atoms with Crippen molar-refractivity contribution in [3.8, 4) is 0 Å². The summed E-state index contributed by atoms with van der Waals surface area (Å²) in [4.78, 5) is 18.5. The van der Waals surface area contributed by atoms with E-state index in [0.717, 1.165) is 12.8 Å². The average molecular weight is 260 g/mol. The molecule has 0 aromatic rings. The first-order chi connectivity index (χ1) is 7.06. The van der Waals surface area contributed by atoms with Gasteiger partial charge in [-0.15, -0.1) is 0 Å². The minimum Gasteiger partial charge on any atom is -0.756 e. The zero-order valence-electron chi connectivity index (χ0n) is 10.5. The minimum atomic E-state index is -4.49. The Morgan fingerprint density at radius 1 is 1.06 bits per heavy atom. The van der Waals surface area contributed by atoms with Gasteiger partial charge in [-0.3, -0.25) is 4.57 Å². The van der Waals surface area contributed by atoms with E-state index in [2.05, 4.69) is 11.4 Å². The molecule has 0 fully saturated rings. The summed E-state index contributed by atoms with van der Waals surface area (Å²) in [6.45, 7) is 2.29. The molecule has 4 nitrogen and oxygen atoms in total. The number of rotatable bonds is 10. The van der Waals surface area contributed by atoms with E-state index in [1.807, 2.05) is 0 Å². The van der Waals surface area contributed by atoms with Crippen molar-refractivity contribution < 1.29 is 48.4 Å². The van der Waals surface area contributed by atoms with Gasteiger partial charge in [0.2, 0.25) is 0 Å². The predicted octanol–water partition coefficient (Wildman–Crippen LogP) is -0.392. The molecule has 0 saturated heterocycles. The second kappa shape index (κ2) is 12.6. The molecule has 0 amide bonds. The molecule has 0 heterocycles. The van der Waals surface area contributed by atoms with Crippen molar-refractivity contribution in [1.29, 1.82) is 0 Å². The molecular formula is C10H22NaO4P. The van der Waals surface area contributed by atoms with E-state index in [9.17, 15) is 9.46 Å². The van der Waals surface area contributed by atoms with E-state index < -0.39 is 7.82 Å². The van der Waals surface area contributed by atoms with Crippen molar-refractivity contribution in [2.24, 2.45) is 0 Å². The topological polar surface area (TPSA) is 69.6 Å². The number of hydrogen-bond acceptors (Lipinski definition) is 3. The third-order valence-electron chi connectivity index (χ3n) is 2.25. The van der Waals surface area contributed by atoms with Gasteiger partial charge < -0.3 is 14.3 Å². The SMILES string of the molecule is CCCCCCCCCCOP(=O)([O-])O.[Na+]. The molecule has 1 unspecified atom stereocenters. The van der Waals surface area contributed by atoms with Crippen LogP contribution in [0, 0.1) is 0 Å². The van der Waals surface area contributed by atoms with Crippen LogP contribution in [0.4, 0.5) is 0 Å². The van der Waals surface area contributed by atoms with Crippen LogP contribution in [0.1, 0.15) is 58.3 Å². The summed E-state index contributed by atoms with van der Waals surface area (Å²) in [6, 6.07) is 0. The number of phosphoric acid groups is 1. The van der Waals surface area contributed by atoms with Gasteiger partial charge >= 0.3 is 29.6 Å². The summed E-state index contributed by atoms with van der Waals surface area (Å²) >= 11 is 0. The van der Waals surface area contributed by atoms with Crippen LogP contribution in [0.25, 0.3) is 0 Å². The van der Waals surface area contributed by atoms with Crippen LogP contribution in [-0.2, 0) is 9.09 Å². The largest absolute Gasteiger partial charge is 1.00 e. The van der Waals surface area contributed by atoms with Crippen molar-refractivity contribution in [3.63, 3.8) is 0 Å². The molecule has 0 radical (unpaired) electrons. The zero-order chi connectivity index (χ0) is 11.6. The maximum absolute atomic E-state index is 10.2. The quantitative estimate of drug-likeness (QED) is 0.330. The fraction of sp³-hybridized carbons (Fsp3) is 1.00. The van der Waals surface area contributed by atoms with Crippen LogP contribution < -0.4 is 34.5 Å². The Bertz CT molecular complexity index is 184. The van der Waals surface area contributed by atoms with E-state index in [0.29, 0.717) is 6.42 Å². The normalized spacial score (nSPS) is 14.2. The molecule has 1 N–H and O–H groups in total.